The molecule has 21 heavy (non-hydrogen) atoms. The number of hydrogen-bond acceptors (Lipinski definition) is 3. The number of benzene rings is 1. The first-order valence-corrected chi connectivity index (χ1v) is 6.88. The minimum absolute atomic E-state index is 0.144. The van der Waals surface area contributed by atoms with Gasteiger partial charge in [0.05, 0.1) is 6.61 Å². The number of fused-ring (bicyclic) bond motifs is 1. The maximum Gasteiger partial charge on any atom is 0.325 e. The third-order valence-corrected chi connectivity index (χ3v) is 3.66. The molecule has 1 aromatic carbocycles. The summed E-state index contributed by atoms with van der Waals surface area (Å²) in [5.41, 5.74) is 1.05. The topological polar surface area (TPSA) is 46.6 Å². The Hall–Kier alpha value is -1.98. The van der Waals surface area contributed by atoms with E-state index in [2.05, 4.69) is 0 Å². The Morgan fingerprint density at radius 1 is 1.48 bits per heavy atom. The van der Waals surface area contributed by atoms with Crippen LogP contribution >= 0.6 is 0 Å². The maximum absolute atomic E-state index is 13.7. The summed E-state index contributed by atoms with van der Waals surface area (Å²) in [7, 11) is 0. The van der Waals surface area contributed by atoms with Crippen molar-refractivity contribution in [3.05, 3.63) is 34.9 Å². The van der Waals surface area contributed by atoms with Gasteiger partial charge in [-0.05, 0) is 43.4 Å². The van der Waals surface area contributed by atoms with Gasteiger partial charge in [-0.15, -0.1) is 0 Å². The van der Waals surface area contributed by atoms with E-state index in [1.54, 1.807) is 6.92 Å². The molecule has 6 heteroatoms. The van der Waals surface area contributed by atoms with Crippen molar-refractivity contribution < 1.29 is 23.1 Å². The minimum Gasteiger partial charge on any atom is -0.465 e. The fourth-order valence-corrected chi connectivity index (χ4v) is 2.68. The summed E-state index contributed by atoms with van der Waals surface area (Å²) in [6, 6.07) is 1.91. The van der Waals surface area contributed by atoms with Gasteiger partial charge >= 0.3 is 5.97 Å². The van der Waals surface area contributed by atoms with Gasteiger partial charge < -0.3 is 9.64 Å². The predicted molar refractivity (Wildman–Crippen MR) is 71.6 cm³/mol. The molecule has 0 aliphatic heterocycles. The molecule has 0 aromatic heterocycles. The highest BCUT2D eigenvalue weighted by Gasteiger charge is 2.27. The summed E-state index contributed by atoms with van der Waals surface area (Å²) in [6.45, 7) is 1.79. The highest BCUT2D eigenvalue weighted by atomic mass is 19.1. The Morgan fingerprint density at radius 2 is 2.24 bits per heavy atom. The van der Waals surface area contributed by atoms with E-state index in [0.29, 0.717) is 36.8 Å². The van der Waals surface area contributed by atoms with Crippen molar-refractivity contribution in [3.8, 4) is 0 Å². The monoisotopic (exact) mass is 297 g/mol. The van der Waals surface area contributed by atoms with Crippen LogP contribution in [0.5, 0.6) is 0 Å². The van der Waals surface area contributed by atoms with Crippen molar-refractivity contribution in [1.82, 2.24) is 4.90 Å². The van der Waals surface area contributed by atoms with Crippen LogP contribution in [0, 0.1) is 11.6 Å². The van der Waals surface area contributed by atoms with E-state index in [-0.39, 0.29) is 19.2 Å². The minimum atomic E-state index is -0.630. The van der Waals surface area contributed by atoms with Gasteiger partial charge in [0, 0.05) is 12.1 Å². The molecule has 0 radical (unpaired) electrons. The van der Waals surface area contributed by atoms with E-state index in [1.807, 2.05) is 0 Å². The maximum atomic E-state index is 13.7. The van der Waals surface area contributed by atoms with Crippen LogP contribution in [0.15, 0.2) is 12.1 Å². The van der Waals surface area contributed by atoms with Gasteiger partial charge in [0.2, 0.25) is 6.41 Å². The SMILES string of the molecule is CCOC(=O)CN(C=O)C1CCc2c(F)cc(F)cc2C1. The van der Waals surface area contributed by atoms with Gasteiger partial charge in [-0.2, -0.15) is 0 Å². The number of carbonyl (C=O) groups excluding carboxylic acids is 2. The van der Waals surface area contributed by atoms with Gasteiger partial charge in [-0.1, -0.05) is 0 Å². The van der Waals surface area contributed by atoms with Crippen molar-refractivity contribution in [2.45, 2.75) is 32.2 Å². The molecule has 4 nitrogen and oxygen atoms in total. The quantitative estimate of drug-likeness (QED) is 0.615. The van der Waals surface area contributed by atoms with E-state index in [1.165, 1.54) is 11.0 Å². The molecule has 0 fully saturated rings. The van der Waals surface area contributed by atoms with Crippen LogP contribution in [0.4, 0.5) is 8.78 Å². The third kappa shape index (κ3) is 3.56. The first kappa shape index (κ1) is 15.4. The van der Waals surface area contributed by atoms with E-state index in [4.69, 9.17) is 4.74 Å². The summed E-state index contributed by atoms with van der Waals surface area (Å²) in [5.74, 6) is -1.66. The van der Waals surface area contributed by atoms with Crippen LogP contribution in [0.25, 0.3) is 0 Å². The van der Waals surface area contributed by atoms with Crippen molar-refractivity contribution in [2.24, 2.45) is 0 Å². The zero-order chi connectivity index (χ0) is 15.4. The van der Waals surface area contributed by atoms with Crippen LogP contribution in [0.1, 0.15) is 24.5 Å². The standard InChI is InChI=1S/C15H17F2NO3/c1-2-21-15(20)8-18(9-19)12-3-4-13-10(6-12)5-11(16)7-14(13)17/h5,7,9,12H,2-4,6,8H2,1H3. The van der Waals surface area contributed by atoms with Crippen LogP contribution in [-0.2, 0) is 27.2 Å². The Morgan fingerprint density at radius 3 is 2.90 bits per heavy atom. The molecule has 1 aliphatic rings. The molecule has 2 rings (SSSR count). The normalized spacial score (nSPS) is 17.0. The second kappa shape index (κ2) is 6.65. The summed E-state index contributed by atoms with van der Waals surface area (Å²) in [5, 5.41) is 0. The van der Waals surface area contributed by atoms with Crippen molar-refractivity contribution in [3.63, 3.8) is 0 Å². The van der Waals surface area contributed by atoms with Gasteiger partial charge in [0.1, 0.15) is 18.2 Å². The zero-order valence-corrected chi connectivity index (χ0v) is 11.8. The molecule has 0 saturated carbocycles. The number of hydrogen-bond donors (Lipinski definition) is 0. The number of ether oxygens (including phenoxy) is 1. The molecule has 0 saturated heterocycles. The van der Waals surface area contributed by atoms with E-state index in [0.717, 1.165) is 6.07 Å². The zero-order valence-electron chi connectivity index (χ0n) is 11.8. The molecule has 0 heterocycles. The van der Waals surface area contributed by atoms with Crippen molar-refractivity contribution in [1.29, 1.82) is 0 Å². The summed E-state index contributed by atoms with van der Waals surface area (Å²) in [4.78, 5) is 24.0. The Kier molecular flexibility index (Phi) is 4.88. The number of halogens is 2. The van der Waals surface area contributed by atoms with Gasteiger partial charge in [0.25, 0.3) is 0 Å². The number of rotatable bonds is 5. The first-order chi connectivity index (χ1) is 10.0. The second-order valence-electron chi connectivity index (χ2n) is 5.00. The third-order valence-electron chi connectivity index (χ3n) is 3.66. The lowest BCUT2D eigenvalue weighted by Crippen LogP contribution is -2.42. The van der Waals surface area contributed by atoms with Crippen molar-refractivity contribution in [2.75, 3.05) is 13.2 Å². The van der Waals surface area contributed by atoms with Crippen LogP contribution in [0.2, 0.25) is 0 Å². The lowest BCUT2D eigenvalue weighted by Gasteiger charge is -2.32. The number of carbonyl (C=O) groups is 2. The van der Waals surface area contributed by atoms with Crippen LogP contribution in [-0.4, -0.2) is 36.5 Å². The number of amides is 1. The average Bonchev–Trinajstić information content (AvgIpc) is 2.44. The molecule has 1 unspecified atom stereocenters. The van der Waals surface area contributed by atoms with E-state index >= 15 is 0 Å². The fraction of sp³-hybridized carbons (Fsp3) is 0.467. The predicted octanol–water partition coefficient (Wildman–Crippen LogP) is 1.84. The van der Waals surface area contributed by atoms with Gasteiger partial charge in [0.15, 0.2) is 0 Å². The number of esters is 1. The van der Waals surface area contributed by atoms with Crippen molar-refractivity contribution >= 4 is 12.4 Å². The lowest BCUT2D eigenvalue weighted by atomic mass is 9.87. The first-order valence-electron chi connectivity index (χ1n) is 6.88. The lowest BCUT2D eigenvalue weighted by molar-refractivity contribution is -0.147. The van der Waals surface area contributed by atoms with Crippen LogP contribution < -0.4 is 0 Å². The summed E-state index contributed by atoms with van der Waals surface area (Å²) < 4.78 is 31.7. The molecule has 0 spiro atoms. The molecule has 114 valence electrons. The molecule has 0 bridgehead atoms. The highest BCUT2D eigenvalue weighted by molar-refractivity contribution is 5.74. The highest BCUT2D eigenvalue weighted by Crippen LogP contribution is 2.27. The Balaban J connectivity index is 2.12. The van der Waals surface area contributed by atoms with Gasteiger partial charge in [-0.25, -0.2) is 8.78 Å². The van der Waals surface area contributed by atoms with Crippen LogP contribution in [0.3, 0.4) is 0 Å². The molecule has 0 N–H and O–H groups in total. The molecule has 1 aliphatic carbocycles. The molecule has 1 atom stereocenters. The summed E-state index contributed by atoms with van der Waals surface area (Å²) >= 11 is 0. The molecular formula is C15H17F2NO3. The Labute approximate surface area is 121 Å². The van der Waals surface area contributed by atoms with E-state index in [9.17, 15) is 18.4 Å². The second-order valence-corrected chi connectivity index (χ2v) is 5.00. The van der Waals surface area contributed by atoms with E-state index < -0.39 is 17.6 Å². The largest absolute Gasteiger partial charge is 0.465 e. The van der Waals surface area contributed by atoms with Gasteiger partial charge in [-0.3, -0.25) is 9.59 Å². The molecule has 1 aromatic rings. The average molecular weight is 297 g/mol. The Bertz CT molecular complexity index is 548. The number of nitrogens with zero attached hydrogens (tertiary/aromatic N) is 1. The summed E-state index contributed by atoms with van der Waals surface area (Å²) in [6.07, 6.45) is 1.87. The molecule has 1 amide bonds. The fourth-order valence-electron chi connectivity index (χ4n) is 2.68. The molecular weight excluding hydrogens is 280 g/mol. The smallest absolute Gasteiger partial charge is 0.325 e.